The van der Waals surface area contributed by atoms with E-state index in [1.54, 1.807) is 66.4 Å². The van der Waals surface area contributed by atoms with Crippen LogP contribution in [-0.2, 0) is 14.8 Å². The average molecular weight is 447 g/mol. The van der Waals surface area contributed by atoms with Crippen molar-refractivity contribution in [1.29, 1.82) is 0 Å². The maximum atomic E-state index is 12.6. The number of benzene rings is 3. The Morgan fingerprint density at radius 2 is 1.48 bits per heavy atom. The number of halogens is 1. The zero-order valence-corrected chi connectivity index (χ0v) is 17.7. The molecule has 3 aromatic rings. The number of thioether (sulfide) groups is 1. The summed E-state index contributed by atoms with van der Waals surface area (Å²) in [5, 5.41) is 3.45. The lowest BCUT2D eigenvalue weighted by Crippen LogP contribution is -2.17. The van der Waals surface area contributed by atoms with Crippen LogP contribution < -0.4 is 10.0 Å². The molecule has 150 valence electrons. The second-order valence-electron chi connectivity index (χ2n) is 6.06. The number of para-hydroxylation sites is 2. The van der Waals surface area contributed by atoms with Crippen molar-refractivity contribution in [2.24, 2.45) is 0 Å². The molecule has 3 aromatic carbocycles. The van der Waals surface area contributed by atoms with E-state index in [1.807, 2.05) is 12.1 Å². The van der Waals surface area contributed by atoms with Gasteiger partial charge in [-0.25, -0.2) is 8.42 Å². The first-order chi connectivity index (χ1) is 13.9. The molecule has 0 heterocycles. The van der Waals surface area contributed by atoms with Gasteiger partial charge in [-0.1, -0.05) is 41.9 Å². The molecule has 0 fully saturated rings. The highest BCUT2D eigenvalue weighted by molar-refractivity contribution is 7.99. The van der Waals surface area contributed by atoms with E-state index in [1.165, 1.54) is 12.1 Å². The van der Waals surface area contributed by atoms with Crippen LogP contribution in [0, 0.1) is 0 Å². The topological polar surface area (TPSA) is 75.3 Å². The van der Waals surface area contributed by atoms with Crippen LogP contribution in [0.25, 0.3) is 0 Å². The van der Waals surface area contributed by atoms with Gasteiger partial charge in [-0.2, -0.15) is 0 Å². The number of anilines is 2. The fourth-order valence-corrected chi connectivity index (χ4v) is 4.57. The predicted octanol–water partition coefficient (Wildman–Crippen LogP) is 5.26. The summed E-state index contributed by atoms with van der Waals surface area (Å²) in [6, 6.07) is 22.2. The van der Waals surface area contributed by atoms with E-state index in [0.717, 1.165) is 4.90 Å². The van der Waals surface area contributed by atoms with Crippen molar-refractivity contribution in [3.63, 3.8) is 0 Å². The SMILES string of the molecule is O=C(CCSc1ccc(Cl)cc1)Nc1ccccc1NS(=O)(=O)c1ccccc1. The first-order valence-electron chi connectivity index (χ1n) is 8.79. The van der Waals surface area contributed by atoms with Crippen LogP contribution in [-0.4, -0.2) is 20.1 Å². The van der Waals surface area contributed by atoms with Gasteiger partial charge in [0.05, 0.1) is 16.3 Å². The second kappa shape index (κ2) is 9.82. The zero-order chi connectivity index (χ0) is 20.7. The van der Waals surface area contributed by atoms with Gasteiger partial charge in [0, 0.05) is 22.1 Å². The lowest BCUT2D eigenvalue weighted by atomic mass is 10.2. The molecule has 0 aromatic heterocycles. The summed E-state index contributed by atoms with van der Waals surface area (Å²) in [6.07, 6.45) is 0.285. The first-order valence-corrected chi connectivity index (χ1v) is 11.6. The summed E-state index contributed by atoms with van der Waals surface area (Å²) >= 11 is 7.41. The van der Waals surface area contributed by atoms with Crippen LogP contribution in [0.2, 0.25) is 5.02 Å². The zero-order valence-electron chi connectivity index (χ0n) is 15.3. The maximum Gasteiger partial charge on any atom is 0.261 e. The number of hydrogen-bond donors (Lipinski definition) is 2. The molecule has 29 heavy (non-hydrogen) atoms. The van der Waals surface area contributed by atoms with E-state index < -0.39 is 10.0 Å². The minimum atomic E-state index is -3.74. The van der Waals surface area contributed by atoms with E-state index in [4.69, 9.17) is 11.6 Å². The van der Waals surface area contributed by atoms with Gasteiger partial charge in [-0.15, -0.1) is 11.8 Å². The largest absolute Gasteiger partial charge is 0.324 e. The predicted molar refractivity (Wildman–Crippen MR) is 119 cm³/mol. The van der Waals surface area contributed by atoms with Gasteiger partial charge in [0.2, 0.25) is 5.91 Å². The quantitative estimate of drug-likeness (QED) is 0.462. The van der Waals surface area contributed by atoms with Gasteiger partial charge in [-0.05, 0) is 48.5 Å². The van der Waals surface area contributed by atoms with E-state index >= 15 is 0 Å². The normalized spacial score (nSPS) is 11.1. The molecule has 2 N–H and O–H groups in total. The highest BCUT2D eigenvalue weighted by atomic mass is 35.5. The molecule has 0 aliphatic carbocycles. The van der Waals surface area contributed by atoms with Crippen molar-refractivity contribution in [3.8, 4) is 0 Å². The van der Waals surface area contributed by atoms with Crippen LogP contribution in [0.4, 0.5) is 11.4 Å². The Labute approximate surface area is 179 Å². The van der Waals surface area contributed by atoms with Crippen LogP contribution in [0.15, 0.2) is 88.7 Å². The van der Waals surface area contributed by atoms with Gasteiger partial charge in [0.15, 0.2) is 0 Å². The third-order valence-electron chi connectivity index (χ3n) is 3.91. The first kappa shape index (κ1) is 21.2. The van der Waals surface area contributed by atoms with Gasteiger partial charge in [-0.3, -0.25) is 9.52 Å². The molecule has 3 rings (SSSR count). The fraction of sp³-hybridized carbons (Fsp3) is 0.0952. The third kappa shape index (κ3) is 6.25. The second-order valence-corrected chi connectivity index (χ2v) is 9.35. The minimum absolute atomic E-state index is 0.153. The summed E-state index contributed by atoms with van der Waals surface area (Å²) in [5.41, 5.74) is 0.726. The van der Waals surface area contributed by atoms with Crippen molar-refractivity contribution in [2.75, 3.05) is 15.8 Å². The lowest BCUT2D eigenvalue weighted by Gasteiger charge is -2.13. The smallest absolute Gasteiger partial charge is 0.261 e. The molecule has 0 aliphatic heterocycles. The van der Waals surface area contributed by atoms with E-state index in [0.29, 0.717) is 22.2 Å². The standard InChI is InChI=1S/C21H19ClN2O3S2/c22-16-10-12-17(13-11-16)28-15-14-21(25)23-19-8-4-5-9-20(19)24-29(26,27)18-6-2-1-3-7-18/h1-13,24H,14-15H2,(H,23,25). The van der Waals surface area contributed by atoms with Gasteiger partial charge in [0.1, 0.15) is 0 Å². The van der Waals surface area contributed by atoms with Gasteiger partial charge < -0.3 is 5.32 Å². The Kier molecular flexibility index (Phi) is 7.19. The number of amides is 1. The molecule has 1 amide bonds. The van der Waals surface area contributed by atoms with Crippen molar-refractivity contribution in [1.82, 2.24) is 0 Å². The van der Waals surface area contributed by atoms with Crippen molar-refractivity contribution < 1.29 is 13.2 Å². The lowest BCUT2D eigenvalue weighted by molar-refractivity contribution is -0.115. The molecule has 0 aliphatic rings. The average Bonchev–Trinajstić information content (AvgIpc) is 2.71. The molecule has 5 nitrogen and oxygen atoms in total. The monoisotopic (exact) mass is 446 g/mol. The molecular formula is C21H19ClN2O3S2. The number of carbonyl (C=O) groups excluding carboxylic acids is 1. The number of rotatable bonds is 8. The van der Waals surface area contributed by atoms with Crippen molar-refractivity contribution in [3.05, 3.63) is 83.9 Å². The number of sulfonamides is 1. The molecule has 0 bridgehead atoms. The van der Waals surface area contributed by atoms with Crippen molar-refractivity contribution in [2.45, 2.75) is 16.2 Å². The van der Waals surface area contributed by atoms with Gasteiger partial charge >= 0.3 is 0 Å². The summed E-state index contributed by atoms with van der Waals surface area (Å²) in [6.45, 7) is 0. The Hall–Kier alpha value is -2.48. The van der Waals surface area contributed by atoms with Crippen LogP contribution in [0.3, 0.4) is 0 Å². The summed E-state index contributed by atoms with van der Waals surface area (Å²) in [7, 11) is -3.74. The maximum absolute atomic E-state index is 12.6. The number of nitrogens with one attached hydrogen (secondary N) is 2. The molecule has 0 unspecified atom stereocenters. The highest BCUT2D eigenvalue weighted by Crippen LogP contribution is 2.25. The van der Waals surface area contributed by atoms with E-state index in [9.17, 15) is 13.2 Å². The molecule has 8 heteroatoms. The summed E-state index contributed by atoms with van der Waals surface area (Å²) in [5.74, 6) is 0.392. The Morgan fingerprint density at radius 1 is 0.862 bits per heavy atom. The van der Waals surface area contributed by atoms with Crippen LogP contribution >= 0.6 is 23.4 Å². The molecule has 0 atom stereocenters. The number of carbonyl (C=O) groups is 1. The van der Waals surface area contributed by atoms with Crippen LogP contribution in [0.5, 0.6) is 0 Å². The molecule has 0 saturated carbocycles. The van der Waals surface area contributed by atoms with Crippen LogP contribution in [0.1, 0.15) is 6.42 Å². The third-order valence-corrected chi connectivity index (χ3v) is 6.56. The highest BCUT2D eigenvalue weighted by Gasteiger charge is 2.16. The Balaban J connectivity index is 1.61. The Morgan fingerprint density at radius 3 is 2.17 bits per heavy atom. The summed E-state index contributed by atoms with van der Waals surface area (Å²) < 4.78 is 27.6. The van der Waals surface area contributed by atoms with Gasteiger partial charge in [0.25, 0.3) is 10.0 Å². The van der Waals surface area contributed by atoms with E-state index in [2.05, 4.69) is 10.0 Å². The molecule has 0 spiro atoms. The number of hydrogen-bond acceptors (Lipinski definition) is 4. The summed E-state index contributed by atoms with van der Waals surface area (Å²) in [4.78, 5) is 13.5. The molecule has 0 saturated heterocycles. The Bertz CT molecular complexity index is 1070. The van der Waals surface area contributed by atoms with Crippen molar-refractivity contribution >= 4 is 50.7 Å². The minimum Gasteiger partial charge on any atom is -0.324 e. The fourth-order valence-electron chi connectivity index (χ4n) is 2.49. The molecular weight excluding hydrogens is 428 g/mol. The molecule has 0 radical (unpaired) electrons. The van der Waals surface area contributed by atoms with E-state index in [-0.39, 0.29) is 17.2 Å².